The number of nitrogens with zero attached hydrogens (tertiary/aromatic N) is 3. The third-order valence-electron chi connectivity index (χ3n) is 5.65. The molecule has 0 bridgehead atoms. The van der Waals surface area contributed by atoms with Gasteiger partial charge in [0.2, 0.25) is 5.28 Å². The van der Waals surface area contributed by atoms with Crippen molar-refractivity contribution in [1.82, 2.24) is 9.97 Å². The summed E-state index contributed by atoms with van der Waals surface area (Å²) in [5, 5.41) is 0.361. The van der Waals surface area contributed by atoms with E-state index in [0.29, 0.717) is 11.2 Å². The zero-order valence-corrected chi connectivity index (χ0v) is 14.3. The van der Waals surface area contributed by atoms with Crippen LogP contribution in [-0.4, -0.2) is 35.3 Å². The van der Waals surface area contributed by atoms with Crippen LogP contribution in [0.1, 0.15) is 42.0 Å². The first-order valence-electron chi connectivity index (χ1n) is 8.74. The minimum absolute atomic E-state index is 0.0712. The molecule has 1 atom stereocenters. The zero-order valence-electron chi connectivity index (χ0n) is 13.5. The number of anilines is 1. The summed E-state index contributed by atoms with van der Waals surface area (Å²) in [6, 6.07) is 10.6. The van der Waals surface area contributed by atoms with E-state index in [1.54, 1.807) is 0 Å². The second-order valence-electron chi connectivity index (χ2n) is 7.17. The number of hydrogen-bond acceptors (Lipinski definition) is 4. The average Bonchev–Trinajstić information content (AvgIpc) is 3.20. The summed E-state index contributed by atoms with van der Waals surface area (Å²) < 4.78 is 5.95. The van der Waals surface area contributed by atoms with Gasteiger partial charge in [0.05, 0.1) is 18.8 Å². The number of aromatic nitrogens is 2. The Kier molecular flexibility index (Phi) is 3.32. The fourth-order valence-electron chi connectivity index (χ4n) is 4.49. The monoisotopic (exact) mass is 341 g/mol. The third-order valence-corrected chi connectivity index (χ3v) is 5.82. The van der Waals surface area contributed by atoms with Crippen molar-refractivity contribution < 1.29 is 4.74 Å². The van der Waals surface area contributed by atoms with Gasteiger partial charge in [0.25, 0.3) is 0 Å². The number of halogens is 1. The quantitative estimate of drug-likeness (QED) is 0.783. The van der Waals surface area contributed by atoms with Crippen LogP contribution in [0.3, 0.4) is 0 Å². The van der Waals surface area contributed by atoms with Gasteiger partial charge in [0, 0.05) is 18.1 Å². The number of rotatable bonds is 2. The van der Waals surface area contributed by atoms with Crippen molar-refractivity contribution in [2.45, 2.75) is 37.2 Å². The second-order valence-corrected chi connectivity index (χ2v) is 7.51. The Morgan fingerprint density at radius 2 is 2.00 bits per heavy atom. The molecule has 5 heteroatoms. The molecule has 1 aromatic heterocycles. The molecule has 0 radical (unpaired) electrons. The molecule has 124 valence electrons. The van der Waals surface area contributed by atoms with Crippen molar-refractivity contribution in [2.24, 2.45) is 0 Å². The maximum absolute atomic E-state index is 6.28. The van der Waals surface area contributed by atoms with Gasteiger partial charge >= 0.3 is 0 Å². The summed E-state index contributed by atoms with van der Waals surface area (Å²) in [6.45, 7) is 2.76. The lowest BCUT2D eigenvalue weighted by Crippen LogP contribution is -2.62. The molecule has 2 aliphatic heterocycles. The van der Waals surface area contributed by atoms with Crippen LogP contribution in [0, 0.1) is 0 Å². The van der Waals surface area contributed by atoms with E-state index < -0.39 is 0 Å². The average molecular weight is 342 g/mol. The molecule has 24 heavy (non-hydrogen) atoms. The van der Waals surface area contributed by atoms with E-state index in [1.165, 1.54) is 17.5 Å². The van der Waals surface area contributed by atoms with Crippen LogP contribution in [0.15, 0.2) is 30.3 Å². The Balaban J connectivity index is 1.48. The van der Waals surface area contributed by atoms with Crippen LogP contribution in [-0.2, 0) is 11.2 Å². The minimum atomic E-state index is 0.0712. The highest BCUT2D eigenvalue weighted by molar-refractivity contribution is 6.28. The summed E-state index contributed by atoms with van der Waals surface area (Å²) in [4.78, 5) is 11.5. The summed E-state index contributed by atoms with van der Waals surface area (Å²) >= 11 is 6.28. The van der Waals surface area contributed by atoms with Gasteiger partial charge in [-0.3, -0.25) is 0 Å². The molecule has 2 aromatic rings. The Hall–Kier alpha value is -1.65. The number of fused-ring (bicyclic) bond motifs is 1. The molecule has 0 amide bonds. The van der Waals surface area contributed by atoms with Gasteiger partial charge in [-0.05, 0) is 42.8 Å². The van der Waals surface area contributed by atoms with Gasteiger partial charge in [-0.15, -0.1) is 0 Å². The van der Waals surface area contributed by atoms with Crippen LogP contribution in [0.5, 0.6) is 0 Å². The van der Waals surface area contributed by atoms with E-state index in [1.807, 2.05) is 0 Å². The number of ether oxygens (including phenoxy) is 1. The maximum Gasteiger partial charge on any atom is 0.224 e. The molecule has 0 saturated carbocycles. The highest BCUT2D eigenvalue weighted by Crippen LogP contribution is 2.44. The van der Waals surface area contributed by atoms with Gasteiger partial charge in [-0.2, -0.15) is 0 Å². The molecule has 0 N–H and O–H groups in total. The van der Waals surface area contributed by atoms with Gasteiger partial charge in [-0.25, -0.2) is 9.97 Å². The largest absolute Gasteiger partial charge is 0.371 e. The van der Waals surface area contributed by atoms with Crippen molar-refractivity contribution in [3.63, 3.8) is 0 Å². The van der Waals surface area contributed by atoms with E-state index in [2.05, 4.69) is 45.2 Å². The van der Waals surface area contributed by atoms with Crippen molar-refractivity contribution in [3.8, 4) is 0 Å². The van der Waals surface area contributed by atoms with Crippen LogP contribution in [0.25, 0.3) is 0 Å². The topological polar surface area (TPSA) is 38.2 Å². The molecular formula is C19H20ClN3O. The van der Waals surface area contributed by atoms with Crippen LogP contribution < -0.4 is 4.90 Å². The molecule has 2 fully saturated rings. The lowest BCUT2D eigenvalue weighted by atomic mass is 9.90. The first-order valence-corrected chi connectivity index (χ1v) is 9.12. The Morgan fingerprint density at radius 1 is 1.17 bits per heavy atom. The molecule has 3 heterocycles. The molecular weight excluding hydrogens is 322 g/mol. The van der Waals surface area contributed by atoms with Crippen molar-refractivity contribution in [2.75, 3.05) is 24.6 Å². The Bertz CT molecular complexity index is 766. The fourth-order valence-corrected chi connectivity index (χ4v) is 4.66. The Morgan fingerprint density at radius 3 is 2.75 bits per heavy atom. The van der Waals surface area contributed by atoms with Crippen LogP contribution >= 0.6 is 11.6 Å². The SMILES string of the molecule is Clc1nc2c(c(N3CC4(CCCO4)C3)n1)CCC2c1ccccc1. The summed E-state index contributed by atoms with van der Waals surface area (Å²) in [7, 11) is 0. The fraction of sp³-hybridized carbons (Fsp3) is 0.474. The molecule has 1 aromatic carbocycles. The van der Waals surface area contributed by atoms with E-state index >= 15 is 0 Å². The number of benzene rings is 1. The molecule has 1 aliphatic carbocycles. The first-order chi connectivity index (χ1) is 11.7. The smallest absolute Gasteiger partial charge is 0.224 e. The predicted molar refractivity (Wildman–Crippen MR) is 93.8 cm³/mol. The third kappa shape index (κ3) is 2.24. The summed E-state index contributed by atoms with van der Waals surface area (Å²) in [5.74, 6) is 1.36. The van der Waals surface area contributed by atoms with Crippen LogP contribution in [0.2, 0.25) is 5.28 Å². The summed E-state index contributed by atoms with van der Waals surface area (Å²) in [6.07, 6.45) is 4.44. The molecule has 5 rings (SSSR count). The van der Waals surface area contributed by atoms with E-state index in [0.717, 1.165) is 50.5 Å². The molecule has 4 nitrogen and oxygen atoms in total. The van der Waals surface area contributed by atoms with Gasteiger partial charge < -0.3 is 9.64 Å². The van der Waals surface area contributed by atoms with Gasteiger partial charge in [-0.1, -0.05) is 30.3 Å². The standard InChI is InChI=1S/C19H20ClN3O/c20-18-21-16-14(13-5-2-1-3-6-13)7-8-15(16)17(22-18)23-11-19(12-23)9-4-10-24-19/h1-3,5-6,14H,4,7-12H2. The van der Waals surface area contributed by atoms with Crippen molar-refractivity contribution >= 4 is 17.4 Å². The van der Waals surface area contributed by atoms with Crippen LogP contribution in [0.4, 0.5) is 5.82 Å². The lowest BCUT2D eigenvalue weighted by Gasteiger charge is -2.48. The minimum Gasteiger partial charge on any atom is -0.371 e. The summed E-state index contributed by atoms with van der Waals surface area (Å²) in [5.41, 5.74) is 3.78. The first kappa shape index (κ1) is 14.7. The Labute approximate surface area is 146 Å². The van der Waals surface area contributed by atoms with E-state index in [-0.39, 0.29) is 5.60 Å². The highest BCUT2D eigenvalue weighted by atomic mass is 35.5. The predicted octanol–water partition coefficient (Wildman–Crippen LogP) is 3.58. The van der Waals surface area contributed by atoms with Crippen molar-refractivity contribution in [1.29, 1.82) is 0 Å². The second kappa shape index (κ2) is 5.43. The zero-order chi connectivity index (χ0) is 16.1. The molecule has 3 aliphatic rings. The highest BCUT2D eigenvalue weighted by Gasteiger charge is 2.48. The number of hydrogen-bond donors (Lipinski definition) is 0. The van der Waals surface area contributed by atoms with Gasteiger partial charge in [0.15, 0.2) is 0 Å². The van der Waals surface area contributed by atoms with Gasteiger partial charge in [0.1, 0.15) is 11.4 Å². The normalized spacial score (nSPS) is 24.2. The maximum atomic E-state index is 6.28. The van der Waals surface area contributed by atoms with Crippen molar-refractivity contribution in [3.05, 3.63) is 52.4 Å². The van der Waals surface area contributed by atoms with E-state index in [4.69, 9.17) is 16.3 Å². The van der Waals surface area contributed by atoms with E-state index in [9.17, 15) is 0 Å². The molecule has 2 saturated heterocycles. The lowest BCUT2D eigenvalue weighted by molar-refractivity contribution is -0.0184. The molecule has 1 spiro atoms. The molecule has 1 unspecified atom stereocenters.